The summed E-state index contributed by atoms with van der Waals surface area (Å²) in [5.41, 5.74) is 2.86. The van der Waals surface area contributed by atoms with E-state index < -0.39 is 17.7 Å². The number of para-hydroxylation sites is 1. The predicted molar refractivity (Wildman–Crippen MR) is 129 cm³/mol. The molecular formula is C26H20N2O4S. The van der Waals surface area contributed by atoms with E-state index in [1.54, 1.807) is 36.4 Å². The van der Waals surface area contributed by atoms with E-state index in [-0.39, 0.29) is 11.3 Å². The second-order valence-corrected chi connectivity index (χ2v) is 8.75. The minimum atomic E-state index is -0.886. The van der Waals surface area contributed by atoms with Crippen molar-refractivity contribution in [2.24, 2.45) is 0 Å². The highest BCUT2D eigenvalue weighted by atomic mass is 32.1. The summed E-state index contributed by atoms with van der Waals surface area (Å²) in [6.07, 6.45) is 0. The van der Waals surface area contributed by atoms with Crippen LogP contribution in [0.3, 0.4) is 0 Å². The predicted octanol–water partition coefficient (Wildman–Crippen LogP) is 5.24. The number of amides is 1. The highest BCUT2D eigenvalue weighted by molar-refractivity contribution is 7.22. The van der Waals surface area contributed by atoms with E-state index in [1.807, 2.05) is 43.3 Å². The van der Waals surface area contributed by atoms with E-state index in [0.717, 1.165) is 15.8 Å². The number of aryl methyl sites for hydroxylation is 1. The Morgan fingerprint density at radius 1 is 1.03 bits per heavy atom. The number of hydrogen-bond donors (Lipinski definition) is 1. The first-order valence-corrected chi connectivity index (χ1v) is 11.2. The maximum absolute atomic E-state index is 13.3. The number of nitrogens with zero attached hydrogens (tertiary/aromatic N) is 2. The number of methoxy groups -OCH3 is 1. The zero-order valence-corrected chi connectivity index (χ0v) is 18.8. The molecule has 1 N–H and O–H groups in total. The summed E-state index contributed by atoms with van der Waals surface area (Å²) in [5.74, 6) is -1.23. The molecule has 2 heterocycles. The van der Waals surface area contributed by atoms with Crippen LogP contribution in [0.15, 0.2) is 78.4 Å². The van der Waals surface area contributed by atoms with Crippen LogP contribution in [-0.4, -0.2) is 28.9 Å². The Balaban J connectivity index is 1.77. The lowest BCUT2D eigenvalue weighted by Crippen LogP contribution is -2.29. The molecule has 6 nitrogen and oxygen atoms in total. The van der Waals surface area contributed by atoms with Gasteiger partial charge >= 0.3 is 5.91 Å². The second-order valence-electron chi connectivity index (χ2n) is 7.74. The van der Waals surface area contributed by atoms with Crippen molar-refractivity contribution in [1.29, 1.82) is 0 Å². The van der Waals surface area contributed by atoms with Gasteiger partial charge in [-0.3, -0.25) is 14.5 Å². The third-order valence-corrected chi connectivity index (χ3v) is 6.68. The number of benzene rings is 3. The number of thiazole rings is 1. The molecule has 4 aromatic rings. The monoisotopic (exact) mass is 456 g/mol. The molecule has 1 fully saturated rings. The zero-order valence-electron chi connectivity index (χ0n) is 18.0. The largest absolute Gasteiger partial charge is 0.507 e. The van der Waals surface area contributed by atoms with E-state index in [9.17, 15) is 14.7 Å². The molecule has 3 aromatic carbocycles. The highest BCUT2D eigenvalue weighted by Crippen LogP contribution is 2.46. The molecule has 1 atom stereocenters. The molecule has 164 valence electrons. The molecule has 1 aliphatic rings. The number of hydrogen-bond acceptors (Lipinski definition) is 6. The Kier molecular flexibility index (Phi) is 5.18. The number of aliphatic hydroxyl groups is 1. The molecular weight excluding hydrogens is 436 g/mol. The molecule has 1 aliphatic heterocycles. The van der Waals surface area contributed by atoms with Crippen molar-refractivity contribution in [3.05, 3.63) is 95.1 Å². The van der Waals surface area contributed by atoms with Gasteiger partial charge in [0, 0.05) is 11.1 Å². The van der Waals surface area contributed by atoms with Crippen LogP contribution in [0.1, 0.15) is 22.7 Å². The Bertz CT molecular complexity index is 1420. The van der Waals surface area contributed by atoms with Crippen molar-refractivity contribution < 1.29 is 19.4 Å². The van der Waals surface area contributed by atoms with Gasteiger partial charge in [-0.25, -0.2) is 4.98 Å². The maximum Gasteiger partial charge on any atom is 0.301 e. The molecule has 0 aliphatic carbocycles. The fourth-order valence-corrected chi connectivity index (χ4v) is 5.18. The van der Waals surface area contributed by atoms with E-state index in [1.165, 1.54) is 23.3 Å². The van der Waals surface area contributed by atoms with Crippen LogP contribution in [0.2, 0.25) is 0 Å². The first-order chi connectivity index (χ1) is 16.0. The van der Waals surface area contributed by atoms with Crippen LogP contribution in [0.25, 0.3) is 16.0 Å². The number of carbonyl (C=O) groups excluding carboxylic acids is 2. The fraction of sp³-hybridized carbons (Fsp3) is 0.115. The first-order valence-electron chi connectivity index (χ1n) is 10.4. The number of aliphatic hydroxyl groups excluding tert-OH is 1. The number of anilines is 1. The molecule has 1 aromatic heterocycles. The smallest absolute Gasteiger partial charge is 0.301 e. The molecule has 5 rings (SSSR count). The summed E-state index contributed by atoms with van der Waals surface area (Å²) in [6.45, 7) is 1.99. The zero-order chi connectivity index (χ0) is 23.1. The Morgan fingerprint density at radius 2 is 1.76 bits per heavy atom. The van der Waals surface area contributed by atoms with Gasteiger partial charge in [-0.15, -0.1) is 0 Å². The summed E-state index contributed by atoms with van der Waals surface area (Å²) in [5, 5.41) is 11.6. The van der Waals surface area contributed by atoms with Gasteiger partial charge in [-0.05, 0) is 30.7 Å². The summed E-state index contributed by atoms with van der Waals surface area (Å²) < 4.78 is 6.46. The molecule has 33 heavy (non-hydrogen) atoms. The average Bonchev–Trinajstić information content (AvgIpc) is 3.36. The standard InChI is InChI=1S/C26H20N2O4S/c1-15-12-13-18-20(14-15)33-26(27-18)28-22(17-10-6-7-11-19(17)32-2)21(24(30)25(28)31)23(29)16-8-4-3-5-9-16/h3-14,22,29H,1-2H3/t22-/m1/s1. The molecule has 0 bridgehead atoms. The van der Waals surface area contributed by atoms with Gasteiger partial charge < -0.3 is 9.84 Å². The lowest BCUT2D eigenvalue weighted by molar-refractivity contribution is -0.132. The van der Waals surface area contributed by atoms with Crippen LogP contribution >= 0.6 is 11.3 Å². The Labute approximate surface area is 194 Å². The normalized spacial score (nSPS) is 17.6. The van der Waals surface area contributed by atoms with Crippen LogP contribution in [0.4, 0.5) is 5.13 Å². The maximum atomic E-state index is 13.3. The molecule has 7 heteroatoms. The molecule has 1 saturated heterocycles. The van der Waals surface area contributed by atoms with Gasteiger partial charge in [0.1, 0.15) is 17.6 Å². The van der Waals surface area contributed by atoms with Crippen LogP contribution in [0.5, 0.6) is 5.75 Å². The molecule has 0 spiro atoms. The van der Waals surface area contributed by atoms with Gasteiger partial charge in [0.25, 0.3) is 5.78 Å². The number of carbonyl (C=O) groups is 2. The SMILES string of the molecule is COc1ccccc1[C@@H]1C(=C(O)c2ccccc2)C(=O)C(=O)N1c1nc2ccc(C)cc2s1. The van der Waals surface area contributed by atoms with Crippen molar-refractivity contribution in [2.75, 3.05) is 12.0 Å². The lowest BCUT2D eigenvalue weighted by atomic mass is 9.95. The number of Topliss-reactive ketones (excluding diaryl/α,β-unsaturated/α-hetero) is 1. The fourth-order valence-electron chi connectivity index (χ4n) is 4.09. The van der Waals surface area contributed by atoms with Gasteiger partial charge in [-0.2, -0.15) is 0 Å². The van der Waals surface area contributed by atoms with E-state index in [0.29, 0.717) is 22.0 Å². The Hall–Kier alpha value is -3.97. The van der Waals surface area contributed by atoms with Crippen molar-refractivity contribution in [3.63, 3.8) is 0 Å². The Morgan fingerprint density at radius 3 is 2.52 bits per heavy atom. The summed E-state index contributed by atoms with van der Waals surface area (Å²) in [7, 11) is 1.53. The van der Waals surface area contributed by atoms with Crippen molar-refractivity contribution >= 4 is 44.1 Å². The summed E-state index contributed by atoms with van der Waals surface area (Å²) in [6, 6.07) is 20.9. The molecule has 0 radical (unpaired) electrons. The molecule has 0 unspecified atom stereocenters. The highest BCUT2D eigenvalue weighted by Gasteiger charge is 2.49. The quantitative estimate of drug-likeness (QED) is 0.258. The van der Waals surface area contributed by atoms with Gasteiger partial charge in [-0.1, -0.05) is 65.9 Å². The third-order valence-electron chi connectivity index (χ3n) is 5.66. The summed E-state index contributed by atoms with van der Waals surface area (Å²) in [4.78, 5) is 32.6. The van der Waals surface area contributed by atoms with Crippen LogP contribution < -0.4 is 9.64 Å². The lowest BCUT2D eigenvalue weighted by Gasteiger charge is -2.24. The number of ether oxygens (including phenoxy) is 1. The van der Waals surface area contributed by atoms with E-state index >= 15 is 0 Å². The third kappa shape index (κ3) is 3.47. The van der Waals surface area contributed by atoms with Gasteiger partial charge in [0.05, 0.1) is 22.9 Å². The number of rotatable bonds is 4. The van der Waals surface area contributed by atoms with E-state index in [2.05, 4.69) is 4.98 Å². The number of ketones is 1. The average molecular weight is 457 g/mol. The number of aromatic nitrogens is 1. The minimum Gasteiger partial charge on any atom is -0.507 e. The van der Waals surface area contributed by atoms with Gasteiger partial charge in [0.15, 0.2) is 5.13 Å². The van der Waals surface area contributed by atoms with Crippen LogP contribution in [-0.2, 0) is 9.59 Å². The van der Waals surface area contributed by atoms with E-state index in [4.69, 9.17) is 4.74 Å². The number of fused-ring (bicyclic) bond motifs is 1. The van der Waals surface area contributed by atoms with Crippen molar-refractivity contribution in [3.8, 4) is 5.75 Å². The molecule has 0 saturated carbocycles. The van der Waals surface area contributed by atoms with Gasteiger partial charge in [0.2, 0.25) is 0 Å². The van der Waals surface area contributed by atoms with Crippen molar-refractivity contribution in [2.45, 2.75) is 13.0 Å². The van der Waals surface area contributed by atoms with Crippen molar-refractivity contribution in [1.82, 2.24) is 4.98 Å². The second kappa shape index (κ2) is 8.18. The first kappa shape index (κ1) is 20.9. The topological polar surface area (TPSA) is 79.7 Å². The summed E-state index contributed by atoms with van der Waals surface area (Å²) >= 11 is 1.33. The van der Waals surface area contributed by atoms with Crippen LogP contribution in [0, 0.1) is 6.92 Å². The minimum absolute atomic E-state index is 0.00568. The molecule has 1 amide bonds.